The van der Waals surface area contributed by atoms with Crippen molar-refractivity contribution in [2.45, 2.75) is 25.5 Å². The van der Waals surface area contributed by atoms with E-state index in [0.29, 0.717) is 4.47 Å². The van der Waals surface area contributed by atoms with E-state index in [9.17, 15) is 8.78 Å². The van der Waals surface area contributed by atoms with E-state index in [-0.39, 0.29) is 23.6 Å². The average Bonchev–Trinajstić information content (AvgIpc) is 2.37. The van der Waals surface area contributed by atoms with Crippen molar-refractivity contribution in [3.05, 3.63) is 28.2 Å². The summed E-state index contributed by atoms with van der Waals surface area (Å²) in [6.45, 7) is 2.62. The van der Waals surface area contributed by atoms with Crippen LogP contribution in [0.4, 0.5) is 8.78 Å². The largest absolute Gasteiger partial charge is 0.462 e. The number of ether oxygens (including phenoxy) is 1. The smallest absolute Gasteiger partial charge is 0.283 e. The summed E-state index contributed by atoms with van der Waals surface area (Å²) in [5.41, 5.74) is 4.25. The molecule has 0 aromatic carbocycles. The zero-order valence-corrected chi connectivity index (χ0v) is 12.1. The summed E-state index contributed by atoms with van der Waals surface area (Å²) in [4.78, 5) is 7.63. The standard InChI is InChI=1S/C12H14BrF2N3O/c1-6-7(2)19-11(16)18-12(6,5-14)9-3-8(13)4-17-10(9)15/h3-4,6-7H,5H2,1-2H3,(H2,16,18)/t6-,7?,12-/m1/s1. The van der Waals surface area contributed by atoms with Gasteiger partial charge in [-0.15, -0.1) is 0 Å². The fraction of sp³-hybridized carbons (Fsp3) is 0.500. The van der Waals surface area contributed by atoms with Crippen molar-refractivity contribution >= 4 is 22.0 Å². The first kappa shape index (κ1) is 14.2. The first-order valence-electron chi connectivity index (χ1n) is 5.80. The number of nitrogens with two attached hydrogens (primary N) is 1. The van der Waals surface area contributed by atoms with E-state index in [4.69, 9.17) is 10.5 Å². The molecule has 1 aliphatic heterocycles. The second-order valence-corrected chi connectivity index (χ2v) is 5.53. The van der Waals surface area contributed by atoms with E-state index in [0.717, 1.165) is 0 Å². The molecular formula is C12H14BrF2N3O. The predicted octanol–water partition coefficient (Wildman–Crippen LogP) is 2.52. The van der Waals surface area contributed by atoms with Gasteiger partial charge < -0.3 is 10.5 Å². The van der Waals surface area contributed by atoms with E-state index in [1.807, 2.05) is 0 Å². The molecule has 1 aliphatic rings. The van der Waals surface area contributed by atoms with Crippen LogP contribution >= 0.6 is 15.9 Å². The van der Waals surface area contributed by atoms with Crippen LogP contribution in [0.2, 0.25) is 0 Å². The number of aliphatic imine (C=N–C) groups is 1. The van der Waals surface area contributed by atoms with Crippen molar-refractivity contribution in [1.82, 2.24) is 4.98 Å². The second-order valence-electron chi connectivity index (χ2n) is 4.61. The van der Waals surface area contributed by atoms with Crippen LogP contribution in [0, 0.1) is 11.9 Å². The van der Waals surface area contributed by atoms with Crippen molar-refractivity contribution in [3.8, 4) is 0 Å². The molecule has 0 saturated heterocycles. The first-order valence-corrected chi connectivity index (χ1v) is 6.59. The minimum absolute atomic E-state index is 0.0787. The molecule has 0 amide bonds. The molecule has 2 N–H and O–H groups in total. The molecule has 0 radical (unpaired) electrons. The quantitative estimate of drug-likeness (QED) is 0.846. The summed E-state index contributed by atoms with van der Waals surface area (Å²) in [6, 6.07) is 1.34. The highest BCUT2D eigenvalue weighted by atomic mass is 79.9. The third-order valence-corrected chi connectivity index (χ3v) is 3.98. The fourth-order valence-electron chi connectivity index (χ4n) is 2.26. The third kappa shape index (κ3) is 2.31. The topological polar surface area (TPSA) is 60.5 Å². The fourth-order valence-corrected chi connectivity index (χ4v) is 2.59. The van der Waals surface area contributed by atoms with Gasteiger partial charge in [0.1, 0.15) is 18.3 Å². The van der Waals surface area contributed by atoms with E-state index in [2.05, 4.69) is 25.9 Å². The molecular weight excluding hydrogens is 320 g/mol. The summed E-state index contributed by atoms with van der Waals surface area (Å²) in [6.07, 6.45) is 0.942. The minimum Gasteiger partial charge on any atom is -0.462 e. The number of nitrogens with zero attached hydrogens (tertiary/aromatic N) is 2. The molecule has 7 heteroatoms. The second kappa shape index (κ2) is 5.03. The zero-order chi connectivity index (χ0) is 14.2. The minimum atomic E-state index is -1.40. The molecule has 104 valence electrons. The van der Waals surface area contributed by atoms with Gasteiger partial charge in [-0.2, -0.15) is 4.39 Å². The molecule has 2 rings (SSSR count). The van der Waals surface area contributed by atoms with Gasteiger partial charge in [-0.1, -0.05) is 6.92 Å². The molecule has 2 heterocycles. The molecule has 0 aliphatic carbocycles. The van der Waals surface area contributed by atoms with Gasteiger partial charge in [0.15, 0.2) is 0 Å². The summed E-state index contributed by atoms with van der Waals surface area (Å²) in [5.74, 6) is -1.13. The van der Waals surface area contributed by atoms with Crippen molar-refractivity contribution in [1.29, 1.82) is 0 Å². The number of hydrogen-bond acceptors (Lipinski definition) is 4. The predicted molar refractivity (Wildman–Crippen MR) is 70.9 cm³/mol. The van der Waals surface area contributed by atoms with Crippen molar-refractivity contribution in [2.75, 3.05) is 6.67 Å². The maximum absolute atomic E-state index is 14.0. The Morgan fingerprint density at radius 1 is 1.53 bits per heavy atom. The van der Waals surface area contributed by atoms with Gasteiger partial charge in [0, 0.05) is 22.2 Å². The summed E-state index contributed by atoms with van der Waals surface area (Å²) >= 11 is 3.20. The Labute approximate surface area is 118 Å². The summed E-state index contributed by atoms with van der Waals surface area (Å²) in [7, 11) is 0. The van der Waals surface area contributed by atoms with Crippen LogP contribution in [0.5, 0.6) is 0 Å². The number of halogens is 3. The van der Waals surface area contributed by atoms with Crippen LogP contribution in [0.1, 0.15) is 19.4 Å². The lowest BCUT2D eigenvalue weighted by atomic mass is 9.77. The molecule has 4 nitrogen and oxygen atoms in total. The molecule has 0 bridgehead atoms. The monoisotopic (exact) mass is 333 g/mol. The van der Waals surface area contributed by atoms with Gasteiger partial charge in [0.2, 0.25) is 5.95 Å². The van der Waals surface area contributed by atoms with Crippen LogP contribution < -0.4 is 5.73 Å². The summed E-state index contributed by atoms with van der Waals surface area (Å²) in [5, 5.41) is 0. The van der Waals surface area contributed by atoms with Gasteiger partial charge in [0.05, 0.1) is 0 Å². The third-order valence-electron chi connectivity index (χ3n) is 3.55. The van der Waals surface area contributed by atoms with Crippen molar-refractivity contribution < 1.29 is 13.5 Å². The lowest BCUT2D eigenvalue weighted by Crippen LogP contribution is -2.48. The van der Waals surface area contributed by atoms with Crippen LogP contribution in [0.3, 0.4) is 0 Å². The lowest BCUT2D eigenvalue weighted by molar-refractivity contribution is 0.0490. The SMILES string of the molecule is CC1OC(N)=N[C@@](CF)(c2cc(Br)cnc2F)[C@@H]1C. The van der Waals surface area contributed by atoms with E-state index in [1.165, 1.54) is 12.3 Å². The van der Waals surface area contributed by atoms with Crippen LogP contribution in [-0.2, 0) is 10.3 Å². The molecule has 1 unspecified atom stereocenters. The van der Waals surface area contributed by atoms with Gasteiger partial charge in [-0.3, -0.25) is 0 Å². The number of pyridine rings is 1. The molecule has 1 aromatic rings. The Kier molecular flexibility index (Phi) is 3.75. The van der Waals surface area contributed by atoms with Gasteiger partial charge in [-0.25, -0.2) is 14.4 Å². The Morgan fingerprint density at radius 2 is 2.21 bits per heavy atom. The molecule has 0 spiro atoms. The normalized spacial score (nSPS) is 30.7. The highest BCUT2D eigenvalue weighted by Gasteiger charge is 2.47. The van der Waals surface area contributed by atoms with Crippen molar-refractivity contribution in [3.63, 3.8) is 0 Å². The summed E-state index contributed by atoms with van der Waals surface area (Å²) < 4.78 is 33.5. The van der Waals surface area contributed by atoms with Crippen LogP contribution in [-0.4, -0.2) is 23.8 Å². The number of aromatic nitrogens is 1. The van der Waals surface area contributed by atoms with E-state index >= 15 is 0 Å². The Morgan fingerprint density at radius 3 is 2.84 bits per heavy atom. The number of alkyl halides is 1. The van der Waals surface area contributed by atoms with E-state index in [1.54, 1.807) is 13.8 Å². The van der Waals surface area contributed by atoms with Gasteiger partial charge >= 0.3 is 0 Å². The molecule has 0 fully saturated rings. The lowest BCUT2D eigenvalue weighted by Gasteiger charge is -2.40. The molecule has 3 atom stereocenters. The van der Waals surface area contributed by atoms with Gasteiger partial charge in [0.25, 0.3) is 6.02 Å². The zero-order valence-electron chi connectivity index (χ0n) is 10.5. The molecule has 19 heavy (non-hydrogen) atoms. The highest BCUT2D eigenvalue weighted by Crippen LogP contribution is 2.41. The van der Waals surface area contributed by atoms with Crippen LogP contribution in [0.25, 0.3) is 0 Å². The number of amidine groups is 1. The highest BCUT2D eigenvalue weighted by molar-refractivity contribution is 9.10. The number of hydrogen-bond donors (Lipinski definition) is 1. The number of rotatable bonds is 2. The Hall–Kier alpha value is -1.24. The van der Waals surface area contributed by atoms with Crippen molar-refractivity contribution in [2.24, 2.45) is 16.6 Å². The Balaban J connectivity index is 2.65. The Bertz CT molecular complexity index is 526. The van der Waals surface area contributed by atoms with Crippen LogP contribution in [0.15, 0.2) is 21.7 Å². The van der Waals surface area contributed by atoms with Gasteiger partial charge in [-0.05, 0) is 28.9 Å². The average molecular weight is 334 g/mol. The maximum atomic E-state index is 14.0. The maximum Gasteiger partial charge on any atom is 0.283 e. The molecule has 0 saturated carbocycles. The van der Waals surface area contributed by atoms with E-state index < -0.39 is 18.2 Å². The molecule has 1 aromatic heterocycles. The first-order chi connectivity index (χ1) is 8.90.